The van der Waals surface area contributed by atoms with Crippen LogP contribution in [0, 0.1) is 13.7 Å². The van der Waals surface area contributed by atoms with Crippen LogP contribution in [0.3, 0.4) is 0 Å². The lowest BCUT2D eigenvalue weighted by molar-refractivity contribution is -0.390. The van der Waals surface area contributed by atoms with E-state index >= 15 is 0 Å². The Bertz CT molecular complexity index is 481. The highest BCUT2D eigenvalue weighted by molar-refractivity contribution is 14.1. The van der Waals surface area contributed by atoms with Crippen molar-refractivity contribution in [1.82, 2.24) is 4.98 Å². The van der Waals surface area contributed by atoms with Crippen LogP contribution in [0.2, 0.25) is 0 Å². The van der Waals surface area contributed by atoms with Gasteiger partial charge in [-0.25, -0.2) is 8.78 Å². The molecule has 0 bridgehead atoms. The van der Waals surface area contributed by atoms with Gasteiger partial charge in [-0.3, -0.25) is 4.79 Å². The van der Waals surface area contributed by atoms with Crippen LogP contribution in [-0.2, 0) is 11.2 Å². The van der Waals surface area contributed by atoms with Crippen molar-refractivity contribution in [2.45, 2.75) is 12.8 Å². The molecule has 1 aromatic rings. The van der Waals surface area contributed by atoms with Crippen LogP contribution in [0.15, 0.2) is 6.20 Å². The summed E-state index contributed by atoms with van der Waals surface area (Å²) >= 11 is 1.45. The summed E-state index contributed by atoms with van der Waals surface area (Å²) in [5.41, 5.74) is -0.864. The fourth-order valence-corrected chi connectivity index (χ4v) is 2.01. The molecule has 1 N–H and O–H groups in total. The molecule has 0 radical (unpaired) electrons. The van der Waals surface area contributed by atoms with Gasteiger partial charge < -0.3 is 15.2 Å². The lowest BCUT2D eigenvalue weighted by atomic mass is 10.1. The third-order valence-corrected chi connectivity index (χ3v) is 3.01. The van der Waals surface area contributed by atoms with Gasteiger partial charge in [0.1, 0.15) is 9.77 Å². The summed E-state index contributed by atoms with van der Waals surface area (Å²) in [5, 5.41) is 19.1. The number of halogens is 3. The number of carboxylic acids is 1. The normalized spacial score (nSPS) is 10.6. The second kappa shape index (κ2) is 5.29. The Morgan fingerprint density at radius 1 is 1.65 bits per heavy atom. The van der Waals surface area contributed by atoms with Gasteiger partial charge in [0.2, 0.25) is 0 Å². The first kappa shape index (κ1) is 13.7. The maximum atomic E-state index is 12.6. The zero-order valence-corrected chi connectivity index (χ0v) is 10.2. The maximum absolute atomic E-state index is 12.6. The van der Waals surface area contributed by atoms with Gasteiger partial charge >= 0.3 is 11.8 Å². The number of carboxylic acid groups (broad SMARTS) is 1. The summed E-state index contributed by atoms with van der Waals surface area (Å²) in [6, 6.07) is 0. The van der Waals surface area contributed by atoms with Gasteiger partial charge in [0.25, 0.3) is 6.43 Å². The van der Waals surface area contributed by atoms with Crippen molar-refractivity contribution in [3.05, 3.63) is 31.0 Å². The van der Waals surface area contributed by atoms with Crippen LogP contribution in [0.25, 0.3) is 0 Å². The van der Waals surface area contributed by atoms with E-state index in [1.165, 1.54) is 22.6 Å². The van der Waals surface area contributed by atoms with E-state index in [0.29, 0.717) is 6.20 Å². The van der Waals surface area contributed by atoms with Crippen molar-refractivity contribution >= 4 is 34.4 Å². The van der Waals surface area contributed by atoms with Gasteiger partial charge in [-0.2, -0.15) is 0 Å². The Morgan fingerprint density at radius 3 is 2.65 bits per heavy atom. The highest BCUT2D eigenvalue weighted by Gasteiger charge is 2.26. The first-order chi connectivity index (χ1) is 7.84. The van der Waals surface area contributed by atoms with Crippen LogP contribution in [0.1, 0.15) is 17.6 Å². The molecule has 0 unspecified atom stereocenters. The number of aromatic nitrogens is 1. The average Bonchev–Trinajstić information content (AvgIpc) is 2.19. The molecule has 1 aromatic heterocycles. The maximum Gasteiger partial charge on any atom is 0.377 e. The van der Waals surface area contributed by atoms with Crippen LogP contribution in [0.4, 0.5) is 14.6 Å². The Balaban J connectivity index is 3.41. The molecule has 0 spiro atoms. The second-order valence-electron chi connectivity index (χ2n) is 2.96. The van der Waals surface area contributed by atoms with Gasteiger partial charge in [-0.1, -0.05) is 0 Å². The van der Waals surface area contributed by atoms with E-state index in [9.17, 15) is 23.7 Å². The smallest absolute Gasteiger partial charge is 0.377 e. The van der Waals surface area contributed by atoms with Gasteiger partial charge in [0.15, 0.2) is 0 Å². The molecule has 0 amide bonds. The summed E-state index contributed by atoms with van der Waals surface area (Å²) in [6.07, 6.45) is -2.99. The van der Waals surface area contributed by atoms with Crippen molar-refractivity contribution in [1.29, 1.82) is 0 Å². The molecular formula is C8H5F2IN2O4. The molecule has 0 aliphatic carbocycles. The van der Waals surface area contributed by atoms with Gasteiger partial charge in [-0.15, -0.1) is 0 Å². The number of nitro groups is 1. The minimum Gasteiger partial charge on any atom is -0.481 e. The highest BCUT2D eigenvalue weighted by atomic mass is 127. The van der Waals surface area contributed by atoms with Gasteiger partial charge in [0.05, 0.1) is 12.0 Å². The number of hydrogen-bond acceptors (Lipinski definition) is 4. The second-order valence-corrected chi connectivity index (χ2v) is 4.04. The van der Waals surface area contributed by atoms with Crippen molar-refractivity contribution in [3.63, 3.8) is 0 Å². The quantitative estimate of drug-likeness (QED) is 0.506. The summed E-state index contributed by atoms with van der Waals surface area (Å²) in [4.78, 5) is 23.5. The zero-order chi connectivity index (χ0) is 13.2. The number of aliphatic carboxylic acids is 1. The summed E-state index contributed by atoms with van der Waals surface area (Å²) in [7, 11) is 0. The summed E-state index contributed by atoms with van der Waals surface area (Å²) in [6.45, 7) is 0. The largest absolute Gasteiger partial charge is 0.481 e. The molecule has 1 heterocycles. The minimum absolute atomic E-state index is 0.173. The van der Waals surface area contributed by atoms with Crippen LogP contribution in [-0.4, -0.2) is 21.0 Å². The zero-order valence-electron chi connectivity index (χ0n) is 8.06. The SMILES string of the molecule is O=C(O)Cc1c(C(F)F)cnc([N+](=O)[O-])c1I. The molecule has 1 rings (SSSR count). The van der Waals surface area contributed by atoms with Crippen molar-refractivity contribution in [2.24, 2.45) is 0 Å². The first-order valence-corrected chi connectivity index (χ1v) is 5.24. The number of hydrogen-bond donors (Lipinski definition) is 1. The molecule has 0 aliphatic heterocycles. The molecule has 17 heavy (non-hydrogen) atoms. The van der Waals surface area contributed by atoms with Crippen molar-refractivity contribution in [3.8, 4) is 0 Å². The molecular weight excluding hydrogens is 353 g/mol. The Labute approximate surface area is 107 Å². The highest BCUT2D eigenvalue weighted by Crippen LogP contribution is 2.30. The number of alkyl halides is 2. The first-order valence-electron chi connectivity index (χ1n) is 4.16. The van der Waals surface area contributed by atoms with E-state index in [-0.39, 0.29) is 9.13 Å². The third-order valence-electron chi connectivity index (χ3n) is 1.87. The molecule has 0 saturated carbocycles. The molecule has 0 fully saturated rings. The molecule has 0 saturated heterocycles. The van der Waals surface area contributed by atoms with Gasteiger partial charge in [0, 0.05) is 0 Å². The summed E-state index contributed by atoms with van der Waals surface area (Å²) < 4.78 is 25.0. The fourth-order valence-electron chi connectivity index (χ4n) is 1.17. The van der Waals surface area contributed by atoms with Gasteiger partial charge in [-0.05, 0) is 38.1 Å². The number of pyridine rings is 1. The monoisotopic (exact) mass is 358 g/mol. The Morgan fingerprint density at radius 2 is 2.24 bits per heavy atom. The molecule has 9 heteroatoms. The number of nitrogens with zero attached hydrogens (tertiary/aromatic N) is 2. The van der Waals surface area contributed by atoms with Crippen LogP contribution < -0.4 is 0 Å². The van der Waals surface area contributed by atoms with E-state index < -0.39 is 35.1 Å². The van der Waals surface area contributed by atoms with Crippen LogP contribution in [0.5, 0.6) is 0 Å². The lowest BCUT2D eigenvalue weighted by Gasteiger charge is -2.07. The van der Waals surface area contributed by atoms with Crippen molar-refractivity contribution < 1.29 is 23.6 Å². The van der Waals surface area contributed by atoms with E-state index in [0.717, 1.165) is 0 Å². The Hall–Kier alpha value is -1.39. The molecule has 0 aromatic carbocycles. The van der Waals surface area contributed by atoms with E-state index in [1.807, 2.05) is 0 Å². The summed E-state index contributed by atoms with van der Waals surface area (Å²) in [5.74, 6) is -1.96. The molecule has 0 aliphatic rings. The molecule has 92 valence electrons. The lowest BCUT2D eigenvalue weighted by Crippen LogP contribution is -2.09. The van der Waals surface area contributed by atoms with E-state index in [2.05, 4.69) is 4.98 Å². The van der Waals surface area contributed by atoms with Crippen molar-refractivity contribution in [2.75, 3.05) is 0 Å². The topological polar surface area (TPSA) is 93.3 Å². The molecule has 6 nitrogen and oxygen atoms in total. The number of rotatable bonds is 4. The molecule has 0 atom stereocenters. The standard InChI is InChI=1S/C8H5F2IN2O4/c9-7(10)4-2-12-8(13(16)17)6(11)3(4)1-5(14)15/h2,7H,1H2,(H,14,15). The third kappa shape index (κ3) is 3.05. The average molecular weight is 358 g/mol. The predicted molar refractivity (Wildman–Crippen MR) is 59.9 cm³/mol. The van der Waals surface area contributed by atoms with Crippen LogP contribution >= 0.6 is 22.6 Å². The fraction of sp³-hybridized carbons (Fsp3) is 0.250. The number of carbonyl (C=O) groups is 1. The predicted octanol–water partition coefficient (Wildman–Crippen LogP) is 2.16. The van der Waals surface area contributed by atoms with E-state index in [4.69, 9.17) is 5.11 Å². The Kier molecular flexibility index (Phi) is 4.26. The minimum atomic E-state index is -2.92. The van der Waals surface area contributed by atoms with E-state index in [1.54, 1.807) is 0 Å².